The van der Waals surface area contributed by atoms with E-state index in [2.05, 4.69) is 4.74 Å². The fourth-order valence-corrected chi connectivity index (χ4v) is 5.31. The van der Waals surface area contributed by atoms with Crippen LogP contribution in [0.3, 0.4) is 0 Å². The number of esters is 2. The second-order valence-electron chi connectivity index (χ2n) is 8.24. The van der Waals surface area contributed by atoms with Gasteiger partial charge in [0.1, 0.15) is 5.60 Å². The van der Waals surface area contributed by atoms with Crippen molar-refractivity contribution < 1.29 is 40.8 Å². The van der Waals surface area contributed by atoms with E-state index in [0.29, 0.717) is 23.7 Å². The molecule has 0 heterocycles. The van der Waals surface area contributed by atoms with Crippen LogP contribution in [-0.4, -0.2) is 42.4 Å². The summed E-state index contributed by atoms with van der Waals surface area (Å²) in [6.45, 7) is 0.146. The van der Waals surface area contributed by atoms with Crippen LogP contribution in [0.15, 0.2) is 0 Å². The summed E-state index contributed by atoms with van der Waals surface area (Å²) in [5.74, 6) is 0.294. The molecule has 4 fully saturated rings. The molecule has 4 rings (SSSR count). The predicted octanol–water partition coefficient (Wildman–Crippen LogP) is 2.55. The first-order valence-corrected chi connectivity index (χ1v) is 10.6. The number of rotatable bonds is 7. The summed E-state index contributed by atoms with van der Waals surface area (Å²) in [6.07, 6.45) is 4.60. The van der Waals surface area contributed by atoms with Crippen molar-refractivity contribution in [3.8, 4) is 0 Å². The molecule has 0 aromatic heterocycles. The summed E-state index contributed by atoms with van der Waals surface area (Å²) in [5.41, 5.74) is -0.549. The lowest BCUT2D eigenvalue weighted by Crippen LogP contribution is -2.58. The van der Waals surface area contributed by atoms with E-state index in [1.165, 1.54) is 6.42 Å². The molecular formula is C17H24F2O7S. The fourth-order valence-electron chi connectivity index (χ4n) is 5.10. The third-order valence-corrected chi connectivity index (χ3v) is 7.28. The van der Waals surface area contributed by atoms with Gasteiger partial charge >= 0.3 is 27.3 Å². The highest BCUT2D eigenvalue weighted by molar-refractivity contribution is 7.86. The van der Waals surface area contributed by atoms with Gasteiger partial charge in [0, 0.05) is 0 Å². The van der Waals surface area contributed by atoms with Crippen molar-refractivity contribution in [3.05, 3.63) is 0 Å². The average molecular weight is 410 g/mol. The van der Waals surface area contributed by atoms with E-state index in [1.807, 2.05) is 6.92 Å². The Morgan fingerprint density at radius 1 is 1.04 bits per heavy atom. The van der Waals surface area contributed by atoms with Crippen LogP contribution in [0.25, 0.3) is 0 Å². The topological polar surface area (TPSA) is 107 Å². The summed E-state index contributed by atoms with van der Waals surface area (Å²) >= 11 is 0. The zero-order valence-electron chi connectivity index (χ0n) is 15.0. The van der Waals surface area contributed by atoms with Gasteiger partial charge in [0.25, 0.3) is 0 Å². The van der Waals surface area contributed by atoms with E-state index in [-0.39, 0.29) is 6.42 Å². The zero-order valence-corrected chi connectivity index (χ0v) is 15.8. The largest absolute Gasteiger partial charge is 0.459 e. The number of halogens is 2. The van der Waals surface area contributed by atoms with Crippen molar-refractivity contribution in [1.82, 2.24) is 0 Å². The molecule has 4 saturated carbocycles. The maximum absolute atomic E-state index is 13.0. The molecule has 0 aromatic rings. The van der Waals surface area contributed by atoms with Gasteiger partial charge < -0.3 is 9.47 Å². The predicted molar refractivity (Wildman–Crippen MR) is 88.2 cm³/mol. The summed E-state index contributed by atoms with van der Waals surface area (Å²) in [4.78, 5) is 23.7. The highest BCUT2D eigenvalue weighted by atomic mass is 32.2. The molecular weight excluding hydrogens is 386 g/mol. The van der Waals surface area contributed by atoms with E-state index < -0.39 is 45.9 Å². The molecule has 10 heteroatoms. The SMILES string of the molecule is CC1(OC(=O)CCC(=O)OCC(F)(F)S(=O)(=O)O)C2CC3CC(C2)CC1C3. The Balaban J connectivity index is 1.47. The summed E-state index contributed by atoms with van der Waals surface area (Å²) in [6, 6.07) is 0. The summed E-state index contributed by atoms with van der Waals surface area (Å²) < 4.78 is 65.2. The maximum Gasteiger partial charge on any atom is 0.402 e. The molecule has 0 aliphatic heterocycles. The van der Waals surface area contributed by atoms with Crippen LogP contribution in [0.4, 0.5) is 8.78 Å². The van der Waals surface area contributed by atoms with E-state index in [0.717, 1.165) is 25.7 Å². The van der Waals surface area contributed by atoms with Crippen LogP contribution < -0.4 is 0 Å². The van der Waals surface area contributed by atoms with Crippen molar-refractivity contribution in [3.63, 3.8) is 0 Å². The number of hydrogen-bond acceptors (Lipinski definition) is 6. The Hall–Kier alpha value is -1.29. The highest BCUT2D eigenvalue weighted by Gasteiger charge is 2.57. The average Bonchev–Trinajstić information content (AvgIpc) is 2.54. The molecule has 27 heavy (non-hydrogen) atoms. The monoisotopic (exact) mass is 410 g/mol. The van der Waals surface area contributed by atoms with Crippen LogP contribution in [0, 0.1) is 23.7 Å². The van der Waals surface area contributed by atoms with Crippen LogP contribution >= 0.6 is 0 Å². The minimum absolute atomic E-state index is 0.318. The molecule has 0 atom stereocenters. The van der Waals surface area contributed by atoms with Crippen molar-refractivity contribution >= 4 is 22.1 Å². The van der Waals surface area contributed by atoms with Gasteiger partial charge in [-0.2, -0.15) is 17.2 Å². The molecule has 4 bridgehead atoms. The smallest absolute Gasteiger partial charge is 0.402 e. The van der Waals surface area contributed by atoms with Gasteiger partial charge in [-0.15, -0.1) is 0 Å². The van der Waals surface area contributed by atoms with Crippen LogP contribution in [0.5, 0.6) is 0 Å². The summed E-state index contributed by atoms with van der Waals surface area (Å²) in [5, 5.41) is -4.59. The number of alkyl halides is 2. The van der Waals surface area contributed by atoms with Gasteiger partial charge in [-0.1, -0.05) is 0 Å². The Kier molecular flexibility index (Phi) is 5.26. The zero-order chi connectivity index (χ0) is 20.0. The number of carbonyl (C=O) groups is 2. The Labute approximate surface area is 156 Å². The fraction of sp³-hybridized carbons (Fsp3) is 0.882. The molecule has 0 amide bonds. The molecule has 1 N–H and O–H groups in total. The molecule has 4 aliphatic rings. The van der Waals surface area contributed by atoms with Crippen LogP contribution in [0.1, 0.15) is 51.9 Å². The third kappa shape index (κ3) is 4.11. The highest BCUT2D eigenvalue weighted by Crippen LogP contribution is 2.59. The van der Waals surface area contributed by atoms with Crippen molar-refractivity contribution in [2.24, 2.45) is 23.7 Å². The minimum Gasteiger partial charge on any atom is -0.459 e. The Morgan fingerprint density at radius 2 is 1.52 bits per heavy atom. The molecule has 154 valence electrons. The van der Waals surface area contributed by atoms with Crippen LogP contribution in [0.2, 0.25) is 0 Å². The molecule has 0 saturated heterocycles. The molecule has 0 unspecified atom stereocenters. The lowest BCUT2D eigenvalue weighted by molar-refractivity contribution is -0.203. The van der Waals surface area contributed by atoms with Gasteiger partial charge in [0.05, 0.1) is 12.8 Å². The molecule has 7 nitrogen and oxygen atoms in total. The van der Waals surface area contributed by atoms with Gasteiger partial charge in [-0.25, -0.2) is 0 Å². The second-order valence-corrected chi connectivity index (χ2v) is 9.78. The lowest BCUT2D eigenvalue weighted by atomic mass is 9.50. The van der Waals surface area contributed by atoms with E-state index in [4.69, 9.17) is 9.29 Å². The quantitative estimate of drug-likeness (QED) is 0.508. The van der Waals surface area contributed by atoms with Gasteiger partial charge in [-0.3, -0.25) is 14.1 Å². The first-order chi connectivity index (χ1) is 12.4. The van der Waals surface area contributed by atoms with Gasteiger partial charge in [0.2, 0.25) is 0 Å². The minimum atomic E-state index is -5.67. The Morgan fingerprint density at radius 3 is 2.00 bits per heavy atom. The van der Waals surface area contributed by atoms with Crippen LogP contribution in [-0.2, 0) is 29.2 Å². The maximum atomic E-state index is 13.0. The van der Waals surface area contributed by atoms with E-state index >= 15 is 0 Å². The molecule has 0 radical (unpaired) electrons. The first kappa shape index (κ1) is 20.4. The van der Waals surface area contributed by atoms with Crippen molar-refractivity contribution in [1.29, 1.82) is 0 Å². The molecule has 4 aliphatic carbocycles. The first-order valence-electron chi connectivity index (χ1n) is 9.13. The number of hydrogen-bond donors (Lipinski definition) is 1. The normalized spacial score (nSPS) is 35.1. The standard InChI is InChI=1S/C17H24F2O7S/c1-16(12-5-10-4-11(7-12)8-13(16)6-10)26-15(21)3-2-14(20)25-9-17(18,19)27(22,23)24/h10-13H,2-9H2,1H3,(H,22,23,24). The second kappa shape index (κ2) is 6.95. The number of carbonyl (C=O) groups excluding carboxylic acids is 2. The third-order valence-electron chi connectivity index (χ3n) is 6.40. The van der Waals surface area contributed by atoms with Crippen molar-refractivity contribution in [2.45, 2.75) is 62.7 Å². The van der Waals surface area contributed by atoms with E-state index in [9.17, 15) is 26.8 Å². The van der Waals surface area contributed by atoms with Crippen molar-refractivity contribution in [2.75, 3.05) is 6.61 Å². The molecule has 0 aromatic carbocycles. The van der Waals surface area contributed by atoms with E-state index in [1.54, 1.807) is 0 Å². The Bertz CT molecular complexity index is 691. The van der Waals surface area contributed by atoms with Gasteiger partial charge in [0.15, 0.2) is 6.61 Å². The lowest BCUT2D eigenvalue weighted by Gasteiger charge is -2.59. The summed E-state index contributed by atoms with van der Waals surface area (Å²) in [7, 11) is -5.67. The van der Waals surface area contributed by atoms with Gasteiger partial charge in [-0.05, 0) is 62.7 Å². The number of ether oxygens (including phenoxy) is 2. The molecule has 0 spiro atoms.